The van der Waals surface area contributed by atoms with Crippen molar-refractivity contribution in [1.29, 1.82) is 10.5 Å². The van der Waals surface area contributed by atoms with Crippen molar-refractivity contribution in [2.24, 2.45) is 0 Å². The molecule has 0 atom stereocenters. The Morgan fingerprint density at radius 2 is 1.56 bits per heavy atom. The Hall–Kier alpha value is -4.50. The number of aromatic hydroxyl groups is 1. The van der Waals surface area contributed by atoms with E-state index in [1.54, 1.807) is 43.3 Å². The van der Waals surface area contributed by atoms with Gasteiger partial charge in [0.15, 0.2) is 5.75 Å². The van der Waals surface area contributed by atoms with Crippen LogP contribution in [0.15, 0.2) is 48.5 Å². The van der Waals surface area contributed by atoms with Crippen LogP contribution in [0.3, 0.4) is 0 Å². The van der Waals surface area contributed by atoms with Gasteiger partial charge in [0.1, 0.15) is 5.75 Å². The molecule has 0 spiro atoms. The fraction of sp³-hybridized carbons (Fsp3) is 0.222. The van der Waals surface area contributed by atoms with Crippen LogP contribution in [0.2, 0.25) is 0 Å². The minimum Gasteiger partial charge on any atom is -0.507 e. The molecule has 0 aliphatic rings. The second-order valence-electron chi connectivity index (χ2n) is 9.08. The molecule has 184 valence electrons. The maximum Gasteiger partial charge on any atom is 0.573 e. The van der Waals surface area contributed by atoms with E-state index < -0.39 is 23.4 Å². The number of benzene rings is 3. The van der Waals surface area contributed by atoms with Gasteiger partial charge in [-0.05, 0) is 59.4 Å². The predicted molar refractivity (Wildman–Crippen MR) is 127 cm³/mol. The number of rotatable bonds is 4. The van der Waals surface area contributed by atoms with Gasteiger partial charge < -0.3 is 15.2 Å². The van der Waals surface area contributed by atoms with E-state index in [9.17, 15) is 23.1 Å². The van der Waals surface area contributed by atoms with Gasteiger partial charge in [-0.3, -0.25) is 4.79 Å². The standard InChI is InChI=1S/C27H22F3N3O3/c1-15-19(18-8-5-16(13-31)6-9-18)12-20(26(2,3)4)24(34)23(15)25(35)33-21-10-7-17(14-32)11-22(21)36-27(28,29)30/h5-12,34H,1-4H3,(H,33,35). The largest absolute Gasteiger partial charge is 0.573 e. The Labute approximate surface area is 206 Å². The van der Waals surface area contributed by atoms with Gasteiger partial charge in [-0.15, -0.1) is 13.2 Å². The molecule has 0 radical (unpaired) electrons. The van der Waals surface area contributed by atoms with Crippen molar-refractivity contribution in [3.05, 3.63) is 76.3 Å². The fourth-order valence-electron chi connectivity index (χ4n) is 3.73. The highest BCUT2D eigenvalue weighted by Crippen LogP contribution is 2.41. The maximum atomic E-state index is 13.4. The lowest BCUT2D eigenvalue weighted by Crippen LogP contribution is -2.21. The van der Waals surface area contributed by atoms with Gasteiger partial charge in [-0.2, -0.15) is 10.5 Å². The van der Waals surface area contributed by atoms with Crippen molar-refractivity contribution < 1.29 is 27.8 Å². The molecule has 0 saturated heterocycles. The van der Waals surface area contributed by atoms with Crippen LogP contribution in [0, 0.1) is 29.6 Å². The molecule has 0 heterocycles. The SMILES string of the molecule is Cc1c(-c2ccc(C#N)cc2)cc(C(C)(C)C)c(O)c1C(=O)Nc1ccc(C#N)cc1OC(F)(F)F. The summed E-state index contributed by atoms with van der Waals surface area (Å²) in [5.41, 5.74) is 1.45. The van der Waals surface area contributed by atoms with E-state index in [2.05, 4.69) is 10.1 Å². The summed E-state index contributed by atoms with van der Waals surface area (Å²) in [5.74, 6) is -1.92. The number of amides is 1. The lowest BCUT2D eigenvalue weighted by atomic mass is 9.81. The van der Waals surface area contributed by atoms with E-state index in [4.69, 9.17) is 10.5 Å². The van der Waals surface area contributed by atoms with Crippen LogP contribution >= 0.6 is 0 Å². The third kappa shape index (κ3) is 5.59. The number of phenolic OH excluding ortho intramolecular Hbond substituents is 1. The molecular weight excluding hydrogens is 471 g/mol. The molecule has 36 heavy (non-hydrogen) atoms. The Bertz CT molecular complexity index is 1410. The topological polar surface area (TPSA) is 106 Å². The molecule has 0 aliphatic heterocycles. The third-order valence-corrected chi connectivity index (χ3v) is 5.50. The molecule has 0 unspecified atom stereocenters. The number of ether oxygens (including phenoxy) is 1. The first-order valence-electron chi connectivity index (χ1n) is 10.7. The number of carbonyl (C=O) groups is 1. The van der Waals surface area contributed by atoms with E-state index in [0.717, 1.165) is 12.1 Å². The number of phenols is 1. The monoisotopic (exact) mass is 493 g/mol. The van der Waals surface area contributed by atoms with Gasteiger partial charge >= 0.3 is 6.36 Å². The van der Waals surface area contributed by atoms with Crippen molar-refractivity contribution >= 4 is 11.6 Å². The van der Waals surface area contributed by atoms with Crippen LogP contribution in [0.1, 0.15) is 53.4 Å². The average molecular weight is 493 g/mol. The van der Waals surface area contributed by atoms with Gasteiger partial charge in [0.2, 0.25) is 0 Å². The van der Waals surface area contributed by atoms with Gasteiger partial charge in [0, 0.05) is 11.6 Å². The van der Waals surface area contributed by atoms with Crippen LogP contribution in [0.5, 0.6) is 11.5 Å². The van der Waals surface area contributed by atoms with Crippen molar-refractivity contribution in [3.63, 3.8) is 0 Å². The molecule has 0 aromatic heterocycles. The van der Waals surface area contributed by atoms with E-state index in [-0.39, 0.29) is 22.6 Å². The predicted octanol–water partition coefficient (Wildman–Crippen LogP) is 6.56. The summed E-state index contributed by atoms with van der Waals surface area (Å²) in [6, 6.07) is 15.4. The lowest BCUT2D eigenvalue weighted by Gasteiger charge is -2.25. The van der Waals surface area contributed by atoms with Crippen LogP contribution in [-0.2, 0) is 5.41 Å². The van der Waals surface area contributed by atoms with Crippen molar-refractivity contribution in [2.75, 3.05) is 5.32 Å². The van der Waals surface area contributed by atoms with Gasteiger partial charge in [0.05, 0.1) is 34.5 Å². The van der Waals surface area contributed by atoms with Crippen LogP contribution in [0.25, 0.3) is 11.1 Å². The molecule has 6 nitrogen and oxygen atoms in total. The molecule has 2 N–H and O–H groups in total. The first kappa shape index (κ1) is 26.1. The molecule has 9 heteroatoms. The van der Waals surface area contributed by atoms with Crippen molar-refractivity contribution in [1.82, 2.24) is 0 Å². The summed E-state index contributed by atoms with van der Waals surface area (Å²) in [6.07, 6.45) is -5.06. The lowest BCUT2D eigenvalue weighted by molar-refractivity contribution is -0.274. The highest BCUT2D eigenvalue weighted by atomic mass is 19.4. The number of hydrogen-bond acceptors (Lipinski definition) is 5. The van der Waals surface area contributed by atoms with Crippen molar-refractivity contribution in [3.8, 4) is 34.8 Å². The van der Waals surface area contributed by atoms with Crippen LogP contribution in [0.4, 0.5) is 18.9 Å². The Kier molecular flexibility index (Phi) is 6.98. The van der Waals surface area contributed by atoms with E-state index in [1.807, 2.05) is 26.8 Å². The van der Waals surface area contributed by atoms with Crippen molar-refractivity contribution in [2.45, 2.75) is 39.5 Å². The van der Waals surface area contributed by atoms with Gasteiger partial charge in [0.25, 0.3) is 5.91 Å². The van der Waals surface area contributed by atoms with Crippen LogP contribution in [-0.4, -0.2) is 17.4 Å². The first-order valence-corrected chi connectivity index (χ1v) is 10.7. The van der Waals surface area contributed by atoms with E-state index in [0.29, 0.717) is 27.8 Å². The van der Waals surface area contributed by atoms with Crippen LogP contribution < -0.4 is 10.1 Å². The summed E-state index contributed by atoms with van der Waals surface area (Å²) in [6.45, 7) is 7.15. The molecule has 3 aromatic carbocycles. The highest BCUT2D eigenvalue weighted by Gasteiger charge is 2.33. The zero-order valence-corrected chi connectivity index (χ0v) is 19.9. The average Bonchev–Trinajstić information content (AvgIpc) is 2.78. The second kappa shape index (κ2) is 9.63. The molecule has 3 aromatic rings. The number of halogens is 3. The molecule has 0 bridgehead atoms. The number of nitrogens with zero attached hydrogens (tertiary/aromatic N) is 2. The van der Waals surface area contributed by atoms with E-state index >= 15 is 0 Å². The number of alkyl halides is 3. The minimum absolute atomic E-state index is 0.0934. The summed E-state index contributed by atoms with van der Waals surface area (Å²) in [5, 5.41) is 31.6. The molecule has 0 aliphatic carbocycles. The Morgan fingerprint density at radius 1 is 0.972 bits per heavy atom. The number of hydrogen-bond donors (Lipinski definition) is 2. The van der Waals surface area contributed by atoms with Gasteiger partial charge in [-0.25, -0.2) is 0 Å². The minimum atomic E-state index is -5.06. The smallest absolute Gasteiger partial charge is 0.507 e. The second-order valence-corrected chi connectivity index (χ2v) is 9.08. The third-order valence-electron chi connectivity index (χ3n) is 5.50. The number of carbonyl (C=O) groups excluding carboxylic acids is 1. The summed E-state index contributed by atoms with van der Waals surface area (Å²) in [4.78, 5) is 13.4. The zero-order valence-electron chi connectivity index (χ0n) is 19.9. The number of anilines is 1. The molecule has 0 fully saturated rings. The summed E-state index contributed by atoms with van der Waals surface area (Å²) >= 11 is 0. The molecule has 3 rings (SSSR count). The molecule has 0 saturated carbocycles. The quantitative estimate of drug-likeness (QED) is 0.428. The first-order chi connectivity index (χ1) is 16.7. The number of nitriles is 2. The van der Waals surface area contributed by atoms with E-state index in [1.165, 1.54) is 6.07 Å². The Morgan fingerprint density at radius 3 is 2.08 bits per heavy atom. The maximum absolute atomic E-state index is 13.4. The molecular formula is C27H22F3N3O3. The zero-order chi connectivity index (χ0) is 26.8. The number of nitrogens with one attached hydrogen (secondary N) is 1. The molecule has 1 amide bonds. The highest BCUT2D eigenvalue weighted by molar-refractivity contribution is 6.09. The van der Waals surface area contributed by atoms with Gasteiger partial charge in [-0.1, -0.05) is 32.9 Å². The Balaban J connectivity index is 2.17. The fourth-order valence-corrected chi connectivity index (χ4v) is 3.73. The normalized spacial score (nSPS) is 11.4. The summed E-state index contributed by atoms with van der Waals surface area (Å²) in [7, 11) is 0. The summed E-state index contributed by atoms with van der Waals surface area (Å²) < 4.78 is 42.9.